The summed E-state index contributed by atoms with van der Waals surface area (Å²) in [6, 6.07) is 19.0. The Bertz CT molecular complexity index is 2050. The average Bonchev–Trinajstić information content (AvgIpc) is 3.68. The third-order valence-electron chi connectivity index (χ3n) is 11.0. The number of aromatic nitrogens is 3. The van der Waals surface area contributed by atoms with E-state index in [0.717, 1.165) is 59.7 Å². The number of halogens is 2. The summed E-state index contributed by atoms with van der Waals surface area (Å²) in [6.45, 7) is 15.3. The molecule has 0 spiro atoms. The molecule has 56 heavy (non-hydrogen) atoms. The molecule has 300 valence electrons. The number of carbonyl (C=O) groups is 2. The second-order valence-corrected chi connectivity index (χ2v) is 23.4. The smallest absolute Gasteiger partial charge is 0.407 e. The summed E-state index contributed by atoms with van der Waals surface area (Å²) in [5.74, 6) is -2.05. The first-order valence-corrected chi connectivity index (χ1v) is 23.5. The molecule has 1 atom stereocenters. The van der Waals surface area contributed by atoms with Gasteiger partial charge in [0.05, 0.1) is 22.5 Å². The quantitative estimate of drug-likeness (QED) is 0.109. The van der Waals surface area contributed by atoms with Gasteiger partial charge in [0.15, 0.2) is 0 Å². The Morgan fingerprint density at radius 2 is 1.68 bits per heavy atom. The Morgan fingerprint density at radius 1 is 0.946 bits per heavy atom. The van der Waals surface area contributed by atoms with E-state index >= 15 is 0 Å². The fraction of sp³-hybridized carbons (Fsp3) is 0.524. The number of benzene rings is 2. The van der Waals surface area contributed by atoms with Crippen LogP contribution in [0.15, 0.2) is 60.9 Å². The molecule has 2 aromatic carbocycles. The number of nitrogens with zero attached hydrogens (tertiary/aromatic N) is 5. The van der Waals surface area contributed by atoms with E-state index in [9.17, 15) is 18.4 Å². The van der Waals surface area contributed by atoms with E-state index in [0.29, 0.717) is 30.3 Å². The number of carbonyl (C=O) groups excluding carboxylic acids is 2. The number of rotatable bonds is 12. The number of piperidine rings is 1. The van der Waals surface area contributed by atoms with E-state index < -0.39 is 31.1 Å². The third kappa shape index (κ3) is 9.17. The molecule has 2 saturated heterocycles. The van der Waals surface area contributed by atoms with E-state index in [1.165, 1.54) is 6.33 Å². The van der Waals surface area contributed by atoms with Crippen LogP contribution in [0.1, 0.15) is 58.4 Å². The Kier molecular flexibility index (Phi) is 10.9. The molecule has 0 bridgehead atoms. The zero-order valence-corrected chi connectivity index (χ0v) is 34.5. The lowest BCUT2D eigenvalue weighted by atomic mass is 9.94. The van der Waals surface area contributed by atoms with E-state index in [1.54, 1.807) is 0 Å². The molecule has 7 rings (SSSR count). The standard InChI is InChI=1S/C42H55F2N7O4Si/c1-40(2,3)55-39(53)48-32-14-19-50(26-32)33-9-7-8-30(24-33)41(15-16-41)38(52)47-31-12-10-29(11-13-31)35-25-34-36(49-20-17-42(43,44)18-21-49)45-27-46-37(34)51(35)28-54-22-23-56(4,5)6/h7-13,24-25,27,32H,14-23,26,28H2,1-6H3,(H,47,52)(H,48,53)/t32-/m1/s1. The predicted molar refractivity (Wildman–Crippen MR) is 219 cm³/mol. The molecular weight excluding hydrogens is 733 g/mol. The van der Waals surface area contributed by atoms with E-state index in [-0.39, 0.29) is 44.6 Å². The number of hydrogen-bond acceptors (Lipinski definition) is 8. The molecule has 3 fully saturated rings. The number of alkyl halides is 2. The van der Waals surface area contributed by atoms with Crippen LogP contribution in [0.2, 0.25) is 25.7 Å². The summed E-state index contributed by atoms with van der Waals surface area (Å²) in [5.41, 5.74) is 4.03. The van der Waals surface area contributed by atoms with Crippen molar-refractivity contribution in [2.24, 2.45) is 0 Å². The summed E-state index contributed by atoms with van der Waals surface area (Å²) in [5, 5.41) is 6.97. The first-order valence-electron chi connectivity index (χ1n) is 19.8. The molecule has 2 N–H and O–H groups in total. The van der Waals surface area contributed by atoms with Crippen LogP contribution in [-0.2, 0) is 26.4 Å². The second-order valence-electron chi connectivity index (χ2n) is 17.8. The first kappa shape index (κ1) is 39.7. The molecule has 4 heterocycles. The Morgan fingerprint density at radius 3 is 2.36 bits per heavy atom. The van der Waals surface area contributed by atoms with Crippen LogP contribution in [0, 0.1) is 0 Å². The summed E-state index contributed by atoms with van der Waals surface area (Å²) in [4.78, 5) is 39.6. The van der Waals surface area contributed by atoms with Crippen LogP contribution in [0.4, 0.5) is 30.8 Å². The largest absolute Gasteiger partial charge is 0.444 e. The highest BCUT2D eigenvalue weighted by Gasteiger charge is 2.51. The highest BCUT2D eigenvalue weighted by atomic mass is 28.3. The van der Waals surface area contributed by atoms with Gasteiger partial charge < -0.3 is 34.5 Å². The zero-order valence-electron chi connectivity index (χ0n) is 33.5. The number of fused-ring (bicyclic) bond motifs is 1. The fourth-order valence-electron chi connectivity index (χ4n) is 7.59. The molecule has 2 aromatic heterocycles. The molecular formula is C42H55F2N7O4Si. The maximum Gasteiger partial charge on any atom is 0.407 e. The van der Waals surface area contributed by atoms with Crippen LogP contribution in [-0.4, -0.2) is 85.0 Å². The monoisotopic (exact) mass is 787 g/mol. The van der Waals surface area contributed by atoms with E-state index in [4.69, 9.17) is 9.47 Å². The van der Waals surface area contributed by atoms with Crippen molar-refractivity contribution in [1.29, 1.82) is 0 Å². The van der Waals surface area contributed by atoms with Crippen molar-refractivity contribution < 1.29 is 27.8 Å². The van der Waals surface area contributed by atoms with Crippen molar-refractivity contribution >= 4 is 48.3 Å². The van der Waals surface area contributed by atoms with Gasteiger partial charge in [-0.1, -0.05) is 43.9 Å². The summed E-state index contributed by atoms with van der Waals surface area (Å²) in [6.07, 6.45) is 3.02. The van der Waals surface area contributed by atoms with Crippen molar-refractivity contribution in [3.63, 3.8) is 0 Å². The molecule has 14 heteroatoms. The SMILES string of the molecule is CC(C)(C)OC(=O)N[C@@H]1CCN(c2cccc(C3(C(=O)Nc4ccc(-c5cc6c(N7CCC(F)(F)CC7)ncnc6n5COCC[Si](C)(C)C)cc4)CC3)c2)C1. The maximum atomic E-state index is 14.1. The zero-order chi connectivity index (χ0) is 39.9. The van der Waals surface area contributed by atoms with Crippen LogP contribution >= 0.6 is 0 Å². The number of hydrogen-bond donors (Lipinski definition) is 2. The molecule has 4 aromatic rings. The van der Waals surface area contributed by atoms with Crippen LogP contribution in [0.3, 0.4) is 0 Å². The lowest BCUT2D eigenvalue weighted by molar-refractivity contribution is -0.118. The van der Waals surface area contributed by atoms with Gasteiger partial charge in [0.25, 0.3) is 5.92 Å². The molecule has 2 aliphatic heterocycles. The molecule has 1 saturated carbocycles. The fourth-order valence-corrected chi connectivity index (χ4v) is 8.34. The van der Waals surface area contributed by atoms with Crippen LogP contribution in [0.25, 0.3) is 22.3 Å². The second kappa shape index (κ2) is 15.4. The van der Waals surface area contributed by atoms with Gasteiger partial charge in [-0.2, -0.15) is 0 Å². The molecule has 1 aliphatic carbocycles. The third-order valence-corrected chi connectivity index (χ3v) is 12.7. The number of amides is 2. The van der Waals surface area contributed by atoms with Crippen LogP contribution in [0.5, 0.6) is 0 Å². The predicted octanol–water partition coefficient (Wildman–Crippen LogP) is 8.42. The first-order chi connectivity index (χ1) is 26.5. The molecule has 0 radical (unpaired) electrons. The lowest BCUT2D eigenvalue weighted by Crippen LogP contribution is -2.40. The van der Waals surface area contributed by atoms with Crippen molar-refractivity contribution in [3.8, 4) is 11.3 Å². The molecule has 2 amide bonds. The van der Waals surface area contributed by atoms with Crippen molar-refractivity contribution in [2.45, 2.75) is 108 Å². The van der Waals surface area contributed by atoms with Gasteiger partial charge in [-0.05, 0) is 87.5 Å². The minimum Gasteiger partial charge on any atom is -0.444 e. The normalized spacial score (nSPS) is 19.2. The maximum absolute atomic E-state index is 14.1. The van der Waals surface area contributed by atoms with Crippen molar-refractivity contribution in [1.82, 2.24) is 19.9 Å². The van der Waals surface area contributed by atoms with E-state index in [2.05, 4.69) is 57.3 Å². The Balaban J connectivity index is 1.06. The number of ether oxygens (including phenoxy) is 2. The van der Waals surface area contributed by atoms with Gasteiger partial charge in [-0.15, -0.1) is 0 Å². The molecule has 11 nitrogen and oxygen atoms in total. The summed E-state index contributed by atoms with van der Waals surface area (Å²) >= 11 is 0. The van der Waals surface area contributed by atoms with Gasteiger partial charge in [-0.25, -0.2) is 23.5 Å². The van der Waals surface area contributed by atoms with Crippen molar-refractivity contribution in [2.75, 3.05) is 47.9 Å². The average molecular weight is 788 g/mol. The number of alkyl carbamates (subject to hydrolysis) is 1. The van der Waals surface area contributed by atoms with Gasteiger partial charge >= 0.3 is 6.09 Å². The summed E-state index contributed by atoms with van der Waals surface area (Å²) < 4.78 is 41.8. The highest BCUT2D eigenvalue weighted by Crippen LogP contribution is 2.50. The van der Waals surface area contributed by atoms with Gasteiger partial charge in [-0.3, -0.25) is 4.79 Å². The van der Waals surface area contributed by atoms with Crippen molar-refractivity contribution in [3.05, 3.63) is 66.5 Å². The van der Waals surface area contributed by atoms with Gasteiger partial charge in [0.2, 0.25) is 5.91 Å². The summed E-state index contributed by atoms with van der Waals surface area (Å²) in [7, 11) is -1.31. The molecule has 0 unspecified atom stereocenters. The van der Waals surface area contributed by atoms with E-state index in [1.807, 2.05) is 72.7 Å². The minimum absolute atomic E-state index is 0.0149. The highest BCUT2D eigenvalue weighted by molar-refractivity contribution is 6.76. The van der Waals surface area contributed by atoms with Crippen LogP contribution < -0.4 is 20.4 Å². The Labute approximate surface area is 329 Å². The van der Waals surface area contributed by atoms with Gasteiger partial charge in [0, 0.05) is 65.1 Å². The number of anilines is 3. The van der Waals surface area contributed by atoms with Gasteiger partial charge in [0.1, 0.15) is 30.1 Å². The lowest BCUT2D eigenvalue weighted by Gasteiger charge is -2.32. The Hall–Kier alpha value is -4.56. The molecule has 3 aliphatic rings. The minimum atomic E-state index is -2.66. The topological polar surface area (TPSA) is 114 Å². The number of nitrogens with one attached hydrogen (secondary N) is 2.